The maximum atomic E-state index is 12.2. The van der Waals surface area contributed by atoms with Crippen LogP contribution in [0.15, 0.2) is 29.2 Å². The van der Waals surface area contributed by atoms with E-state index in [1.807, 2.05) is 5.32 Å². The van der Waals surface area contributed by atoms with Gasteiger partial charge in [-0.15, -0.1) is 0 Å². The first-order chi connectivity index (χ1) is 8.93. The van der Waals surface area contributed by atoms with Gasteiger partial charge in [0.05, 0.1) is 12.0 Å². The summed E-state index contributed by atoms with van der Waals surface area (Å²) >= 11 is 0. The Morgan fingerprint density at radius 1 is 1.16 bits per heavy atom. The molecule has 0 unspecified atom stereocenters. The molecule has 3 amide bonds. The summed E-state index contributed by atoms with van der Waals surface area (Å²) in [5, 5.41) is 1.99. The van der Waals surface area contributed by atoms with Crippen molar-refractivity contribution in [3.8, 4) is 0 Å². The standard InChI is InChI=1S/C11H8N2O5S/c14-9-5-7(10(15)12-9)13-11(16)6-3-1-2-4-8(6)19(13,17)18/h1-4,7H,5H2,(H,12,14,15)/t7-/m1/s1. The molecule has 0 aliphatic carbocycles. The van der Waals surface area contributed by atoms with Gasteiger partial charge in [-0.05, 0) is 12.1 Å². The SMILES string of the molecule is O=C1C[C@@H](N2C(=O)c3ccccc3S2(=O)=O)C(=O)N1. The molecule has 8 heteroatoms. The molecule has 98 valence electrons. The topological polar surface area (TPSA) is 101 Å². The molecular formula is C11H8N2O5S. The Morgan fingerprint density at radius 2 is 1.84 bits per heavy atom. The van der Waals surface area contributed by atoms with Gasteiger partial charge in [-0.25, -0.2) is 12.7 Å². The summed E-state index contributed by atoms with van der Waals surface area (Å²) in [5.74, 6) is -2.13. The lowest BCUT2D eigenvalue weighted by atomic mass is 10.2. The Kier molecular flexibility index (Phi) is 2.27. The Balaban J connectivity index is 2.14. The molecule has 0 saturated carbocycles. The van der Waals surface area contributed by atoms with Crippen molar-refractivity contribution in [2.75, 3.05) is 0 Å². The number of nitrogens with one attached hydrogen (secondary N) is 1. The average Bonchev–Trinajstić information content (AvgIpc) is 2.77. The monoisotopic (exact) mass is 280 g/mol. The van der Waals surface area contributed by atoms with E-state index >= 15 is 0 Å². The normalized spacial score (nSPS) is 24.5. The maximum absolute atomic E-state index is 12.2. The second-order valence-electron chi connectivity index (χ2n) is 4.23. The Bertz CT molecular complexity index is 724. The van der Waals surface area contributed by atoms with Crippen LogP contribution < -0.4 is 5.32 Å². The first-order valence-electron chi connectivity index (χ1n) is 5.44. The number of hydrogen-bond acceptors (Lipinski definition) is 5. The minimum atomic E-state index is -4.06. The highest BCUT2D eigenvalue weighted by Gasteiger charge is 2.50. The van der Waals surface area contributed by atoms with Crippen LogP contribution in [-0.4, -0.2) is 36.5 Å². The zero-order valence-corrected chi connectivity index (χ0v) is 10.3. The molecular weight excluding hydrogens is 272 g/mol. The second-order valence-corrected chi connectivity index (χ2v) is 6.02. The molecule has 1 fully saturated rings. The van der Waals surface area contributed by atoms with Gasteiger partial charge in [0.15, 0.2) is 0 Å². The van der Waals surface area contributed by atoms with Gasteiger partial charge in [-0.2, -0.15) is 0 Å². The van der Waals surface area contributed by atoms with Gasteiger partial charge in [0.2, 0.25) is 5.91 Å². The quantitative estimate of drug-likeness (QED) is 0.682. The minimum absolute atomic E-state index is 0.0228. The van der Waals surface area contributed by atoms with E-state index in [1.54, 1.807) is 0 Å². The molecule has 1 aromatic carbocycles. The molecule has 3 rings (SSSR count). The molecule has 0 spiro atoms. The highest BCUT2D eigenvalue weighted by Crippen LogP contribution is 2.33. The number of sulfonamides is 1. The largest absolute Gasteiger partial charge is 0.295 e. The molecule has 1 saturated heterocycles. The molecule has 19 heavy (non-hydrogen) atoms. The van der Waals surface area contributed by atoms with Crippen molar-refractivity contribution in [3.05, 3.63) is 29.8 Å². The Labute approximate surface area is 108 Å². The molecule has 2 aliphatic heterocycles. The van der Waals surface area contributed by atoms with Gasteiger partial charge in [0, 0.05) is 0 Å². The number of rotatable bonds is 1. The van der Waals surface area contributed by atoms with Gasteiger partial charge < -0.3 is 0 Å². The fraction of sp³-hybridized carbons (Fsp3) is 0.182. The van der Waals surface area contributed by atoms with Crippen LogP contribution in [0.5, 0.6) is 0 Å². The van der Waals surface area contributed by atoms with E-state index in [1.165, 1.54) is 24.3 Å². The lowest BCUT2D eigenvalue weighted by molar-refractivity contribution is -0.125. The van der Waals surface area contributed by atoms with E-state index in [9.17, 15) is 22.8 Å². The second kappa shape index (κ2) is 3.64. The fourth-order valence-corrected chi connectivity index (χ4v) is 3.96. The molecule has 1 atom stereocenters. The molecule has 0 bridgehead atoms. The number of carbonyl (C=O) groups is 3. The van der Waals surface area contributed by atoms with Crippen LogP contribution in [0, 0.1) is 0 Å². The zero-order chi connectivity index (χ0) is 13.8. The lowest BCUT2D eigenvalue weighted by Crippen LogP contribution is -2.44. The predicted molar refractivity (Wildman–Crippen MR) is 61.4 cm³/mol. The summed E-state index contributed by atoms with van der Waals surface area (Å²) < 4.78 is 25.0. The molecule has 0 aromatic heterocycles. The molecule has 1 N–H and O–H groups in total. The third-order valence-electron chi connectivity index (χ3n) is 3.08. The summed E-state index contributed by atoms with van der Waals surface area (Å²) in [4.78, 5) is 34.7. The number of imide groups is 1. The van der Waals surface area contributed by atoms with E-state index in [-0.39, 0.29) is 16.9 Å². The maximum Gasteiger partial charge on any atom is 0.269 e. The van der Waals surface area contributed by atoms with E-state index in [0.29, 0.717) is 4.31 Å². The van der Waals surface area contributed by atoms with Crippen LogP contribution in [0.25, 0.3) is 0 Å². The Morgan fingerprint density at radius 3 is 2.42 bits per heavy atom. The van der Waals surface area contributed by atoms with Crippen LogP contribution >= 0.6 is 0 Å². The van der Waals surface area contributed by atoms with Crippen molar-refractivity contribution in [1.82, 2.24) is 9.62 Å². The summed E-state index contributed by atoms with van der Waals surface area (Å²) in [6, 6.07) is 4.42. The van der Waals surface area contributed by atoms with Crippen molar-refractivity contribution in [2.45, 2.75) is 17.4 Å². The van der Waals surface area contributed by atoms with E-state index in [2.05, 4.69) is 0 Å². The third kappa shape index (κ3) is 1.49. The molecule has 2 aliphatic rings. The highest BCUT2D eigenvalue weighted by atomic mass is 32.2. The van der Waals surface area contributed by atoms with Gasteiger partial charge in [0.25, 0.3) is 21.8 Å². The van der Waals surface area contributed by atoms with Crippen LogP contribution in [0.3, 0.4) is 0 Å². The lowest BCUT2D eigenvalue weighted by Gasteiger charge is -2.19. The van der Waals surface area contributed by atoms with Crippen LogP contribution in [0.4, 0.5) is 0 Å². The average molecular weight is 280 g/mol. The zero-order valence-electron chi connectivity index (χ0n) is 9.49. The number of amides is 3. The van der Waals surface area contributed by atoms with Crippen molar-refractivity contribution in [2.24, 2.45) is 0 Å². The van der Waals surface area contributed by atoms with Crippen molar-refractivity contribution in [3.63, 3.8) is 0 Å². The number of benzene rings is 1. The van der Waals surface area contributed by atoms with Crippen LogP contribution in [-0.2, 0) is 19.6 Å². The Hall–Kier alpha value is -2.22. The molecule has 0 radical (unpaired) electrons. The van der Waals surface area contributed by atoms with E-state index in [0.717, 1.165) is 0 Å². The first kappa shape index (κ1) is 11.8. The number of fused-ring (bicyclic) bond motifs is 1. The summed E-state index contributed by atoms with van der Waals surface area (Å²) in [6.07, 6.45) is -0.336. The predicted octanol–water partition coefficient (Wildman–Crippen LogP) is -0.754. The third-order valence-corrected chi connectivity index (χ3v) is 4.93. The van der Waals surface area contributed by atoms with Gasteiger partial charge >= 0.3 is 0 Å². The molecule has 7 nitrogen and oxygen atoms in total. The summed E-state index contributed by atoms with van der Waals surface area (Å²) in [6.45, 7) is 0. The molecule has 2 heterocycles. The summed E-state index contributed by atoms with van der Waals surface area (Å²) in [7, 11) is -4.06. The van der Waals surface area contributed by atoms with Gasteiger partial charge in [-0.3, -0.25) is 19.7 Å². The molecule has 1 aromatic rings. The van der Waals surface area contributed by atoms with Crippen molar-refractivity contribution < 1.29 is 22.8 Å². The highest BCUT2D eigenvalue weighted by molar-refractivity contribution is 7.90. The number of hydrogen-bond donors (Lipinski definition) is 1. The van der Waals surface area contributed by atoms with E-state index < -0.39 is 33.8 Å². The minimum Gasteiger partial charge on any atom is -0.295 e. The van der Waals surface area contributed by atoms with Gasteiger partial charge in [0.1, 0.15) is 10.9 Å². The van der Waals surface area contributed by atoms with E-state index in [4.69, 9.17) is 0 Å². The first-order valence-corrected chi connectivity index (χ1v) is 6.88. The van der Waals surface area contributed by atoms with Gasteiger partial charge in [-0.1, -0.05) is 12.1 Å². The summed E-state index contributed by atoms with van der Waals surface area (Å²) in [5.41, 5.74) is 0.0228. The smallest absolute Gasteiger partial charge is 0.269 e. The van der Waals surface area contributed by atoms with Crippen LogP contribution in [0.1, 0.15) is 16.8 Å². The number of carbonyl (C=O) groups excluding carboxylic acids is 3. The number of nitrogens with zero attached hydrogens (tertiary/aromatic N) is 1. The van der Waals surface area contributed by atoms with Crippen LogP contribution in [0.2, 0.25) is 0 Å². The van der Waals surface area contributed by atoms with Crippen molar-refractivity contribution in [1.29, 1.82) is 0 Å². The fourth-order valence-electron chi connectivity index (χ4n) is 2.24. The van der Waals surface area contributed by atoms with Crippen molar-refractivity contribution >= 4 is 27.7 Å².